The van der Waals surface area contributed by atoms with Gasteiger partial charge in [0, 0.05) is 47.6 Å². The molecular weight excluding hydrogens is 773 g/mol. The third-order valence-electron chi connectivity index (χ3n) is 10.7. The summed E-state index contributed by atoms with van der Waals surface area (Å²) in [5.41, 5.74) is 7.95. The van der Waals surface area contributed by atoms with E-state index in [1.807, 2.05) is 4.90 Å². The van der Waals surface area contributed by atoms with Crippen molar-refractivity contribution in [3.05, 3.63) is 88.9 Å². The number of hydrogen-bond donors (Lipinski definition) is 4. The molecule has 2 fully saturated rings. The molecule has 18 heteroatoms. The largest absolute Gasteiger partial charge is 0.506 e. The highest BCUT2D eigenvalue weighted by Crippen LogP contribution is 2.52. The molecule has 2 aliphatic heterocycles. The van der Waals surface area contributed by atoms with Crippen LogP contribution in [0.25, 0.3) is 32.1 Å². The highest BCUT2D eigenvalue weighted by atomic mass is 32.1. The molecule has 294 valence electrons. The summed E-state index contributed by atoms with van der Waals surface area (Å²) in [5.74, 6) is -4.25. The van der Waals surface area contributed by atoms with Crippen LogP contribution in [-0.2, 0) is 12.6 Å². The summed E-state index contributed by atoms with van der Waals surface area (Å²) in [6.07, 6.45) is -1.35. The number of aromatic hydroxyl groups is 1. The number of nitrogens with two attached hydrogens (primary N) is 2. The SMILES string of the molecule is N#Cc1c(N)sc2c(F)ccc(-c3c(C(F)(F)F)c(O)c4c(N[C@H](CCc5ccccn5)c5cccnc5N)nc(OC[C@@]56CCCN5C[C@H](F)C6)nc4c3F)c12. The first-order valence-electron chi connectivity index (χ1n) is 17.9. The highest BCUT2D eigenvalue weighted by Gasteiger charge is 2.49. The smallest absolute Gasteiger partial charge is 0.420 e. The van der Waals surface area contributed by atoms with E-state index in [4.69, 9.17) is 16.2 Å². The van der Waals surface area contributed by atoms with E-state index in [1.165, 1.54) is 6.20 Å². The molecule has 6 N–H and O–H groups in total. The molecule has 2 aromatic carbocycles. The Labute approximate surface area is 325 Å². The van der Waals surface area contributed by atoms with E-state index in [0.717, 1.165) is 18.6 Å². The zero-order chi connectivity index (χ0) is 40.2. The fourth-order valence-corrected chi connectivity index (χ4v) is 9.13. The van der Waals surface area contributed by atoms with E-state index in [0.29, 0.717) is 42.0 Å². The van der Waals surface area contributed by atoms with Crippen LogP contribution in [0, 0.1) is 23.0 Å². The molecular formula is C39H33F6N9O2S. The number of rotatable bonds is 10. The molecule has 6 aromatic rings. The number of nitrogens with zero attached hydrogens (tertiary/aromatic N) is 6. The maximum atomic E-state index is 17.4. The van der Waals surface area contributed by atoms with Crippen molar-refractivity contribution in [1.29, 1.82) is 5.26 Å². The number of pyridine rings is 2. The predicted octanol–water partition coefficient (Wildman–Crippen LogP) is 8.08. The zero-order valence-electron chi connectivity index (χ0n) is 29.9. The van der Waals surface area contributed by atoms with Crippen LogP contribution in [0.4, 0.5) is 43.0 Å². The maximum Gasteiger partial charge on any atom is 0.420 e. The average molecular weight is 806 g/mol. The van der Waals surface area contributed by atoms with Crippen molar-refractivity contribution in [1.82, 2.24) is 24.8 Å². The minimum Gasteiger partial charge on any atom is -0.506 e. The van der Waals surface area contributed by atoms with Gasteiger partial charge in [0.2, 0.25) is 0 Å². The van der Waals surface area contributed by atoms with Crippen LogP contribution in [-0.4, -0.2) is 61.3 Å². The number of nitriles is 1. The van der Waals surface area contributed by atoms with Gasteiger partial charge in [-0.15, -0.1) is 11.3 Å². The number of phenols is 1. The number of alkyl halides is 4. The summed E-state index contributed by atoms with van der Waals surface area (Å²) in [6, 6.07) is 10.8. The van der Waals surface area contributed by atoms with Gasteiger partial charge in [-0.2, -0.15) is 28.4 Å². The van der Waals surface area contributed by atoms with Crippen LogP contribution in [0.2, 0.25) is 0 Å². The van der Waals surface area contributed by atoms with Gasteiger partial charge in [0.25, 0.3) is 0 Å². The summed E-state index contributed by atoms with van der Waals surface area (Å²) in [6.45, 7) is 0.724. The van der Waals surface area contributed by atoms with E-state index < -0.39 is 80.7 Å². The molecule has 11 nitrogen and oxygen atoms in total. The van der Waals surface area contributed by atoms with E-state index in [1.54, 1.807) is 42.6 Å². The molecule has 0 radical (unpaired) electrons. The second-order valence-corrected chi connectivity index (χ2v) is 15.2. The van der Waals surface area contributed by atoms with Gasteiger partial charge in [-0.1, -0.05) is 18.2 Å². The van der Waals surface area contributed by atoms with Gasteiger partial charge in [0.05, 0.1) is 27.2 Å². The lowest BCUT2D eigenvalue weighted by molar-refractivity contribution is -0.138. The van der Waals surface area contributed by atoms with Crippen LogP contribution in [0.15, 0.2) is 54.9 Å². The van der Waals surface area contributed by atoms with Gasteiger partial charge in [0.1, 0.15) is 58.1 Å². The van der Waals surface area contributed by atoms with Crippen molar-refractivity contribution in [3.63, 3.8) is 0 Å². The zero-order valence-corrected chi connectivity index (χ0v) is 30.7. The highest BCUT2D eigenvalue weighted by molar-refractivity contribution is 7.23. The van der Waals surface area contributed by atoms with Crippen LogP contribution in [0.5, 0.6) is 11.8 Å². The number of nitrogen functional groups attached to an aromatic ring is 2. The minimum atomic E-state index is -5.42. The van der Waals surface area contributed by atoms with Crippen molar-refractivity contribution in [3.8, 4) is 29.0 Å². The molecule has 0 unspecified atom stereocenters. The molecule has 0 spiro atoms. The number of thiophene rings is 1. The van der Waals surface area contributed by atoms with Gasteiger partial charge in [-0.3, -0.25) is 9.88 Å². The van der Waals surface area contributed by atoms with E-state index in [9.17, 15) is 14.8 Å². The number of benzene rings is 2. The summed E-state index contributed by atoms with van der Waals surface area (Å²) < 4.78 is 98.8. The van der Waals surface area contributed by atoms with E-state index in [-0.39, 0.29) is 52.5 Å². The molecule has 4 aromatic heterocycles. The van der Waals surface area contributed by atoms with Crippen molar-refractivity contribution < 1.29 is 36.2 Å². The van der Waals surface area contributed by atoms with Crippen LogP contribution in [0.1, 0.15) is 54.1 Å². The Bertz CT molecular complexity index is 2570. The molecule has 0 amide bonds. The Balaban J connectivity index is 1.36. The second-order valence-electron chi connectivity index (χ2n) is 14.1. The monoisotopic (exact) mass is 805 g/mol. The molecule has 0 bridgehead atoms. The lowest BCUT2D eigenvalue weighted by Crippen LogP contribution is -2.43. The van der Waals surface area contributed by atoms with Crippen molar-refractivity contribution in [2.75, 3.05) is 36.5 Å². The number of hydrogen-bond acceptors (Lipinski definition) is 12. The number of fused-ring (bicyclic) bond motifs is 3. The maximum absolute atomic E-state index is 17.4. The standard InChI is InChI=1S/C39H33F6N9O2S/c40-19-15-38(11-4-14-54(38)17-19)18-56-37-52-31-28(36(53-37)51-25(21-6-3-13-50-34(21)47)10-7-20-5-1-2-12-49-20)32(55)29(39(43,44)45)27(30(31)42)22-8-9-24(41)33-26(22)23(16-46)35(48)57-33/h1-3,5-6,8-9,12-13,19,25,55H,4,7,10-11,14-15,17-18,48H2,(H2,47,50)(H,51,52,53)/t19-,25-,38+/m1/s1. The lowest BCUT2D eigenvalue weighted by atomic mass is 9.91. The number of halogens is 6. The van der Waals surface area contributed by atoms with Crippen molar-refractivity contribution >= 4 is 49.0 Å². The van der Waals surface area contributed by atoms with Gasteiger partial charge in [0.15, 0.2) is 5.82 Å². The fourth-order valence-electron chi connectivity index (χ4n) is 8.18. The van der Waals surface area contributed by atoms with Crippen LogP contribution in [0.3, 0.4) is 0 Å². The Kier molecular flexibility index (Phi) is 9.68. The summed E-state index contributed by atoms with van der Waals surface area (Å²) in [7, 11) is 0. The van der Waals surface area contributed by atoms with Crippen LogP contribution < -0.4 is 21.5 Å². The lowest BCUT2D eigenvalue weighted by Gasteiger charge is -2.31. The third-order valence-corrected chi connectivity index (χ3v) is 11.8. The molecule has 57 heavy (non-hydrogen) atoms. The minimum absolute atomic E-state index is 0.0885. The first kappa shape index (κ1) is 38.0. The van der Waals surface area contributed by atoms with Gasteiger partial charge in [-0.25, -0.2) is 18.2 Å². The average Bonchev–Trinajstić information content (AvgIpc) is 3.83. The number of phenolic OH excluding ortho intramolecular Hbond substituents is 1. The number of anilines is 3. The quantitative estimate of drug-likeness (QED) is 0.0987. The summed E-state index contributed by atoms with van der Waals surface area (Å²) >= 11 is 0.613. The molecule has 2 aliphatic rings. The predicted molar refractivity (Wildman–Crippen MR) is 202 cm³/mol. The molecule has 3 atom stereocenters. The molecule has 0 saturated carbocycles. The first-order valence-corrected chi connectivity index (χ1v) is 18.7. The van der Waals surface area contributed by atoms with Gasteiger partial charge in [-0.05, 0) is 62.1 Å². The Morgan fingerprint density at radius 1 is 1.09 bits per heavy atom. The molecule has 8 rings (SSSR count). The summed E-state index contributed by atoms with van der Waals surface area (Å²) in [4.78, 5) is 19.2. The number of nitrogens with one attached hydrogen (secondary N) is 1. The topological polar surface area (TPSA) is 172 Å². The Morgan fingerprint density at radius 2 is 1.89 bits per heavy atom. The summed E-state index contributed by atoms with van der Waals surface area (Å²) in [5, 5.41) is 23.5. The Hall–Kier alpha value is -5.93. The second kappa shape index (κ2) is 14.5. The molecule has 0 aliphatic carbocycles. The van der Waals surface area contributed by atoms with Gasteiger partial charge < -0.3 is 26.6 Å². The third kappa shape index (κ3) is 6.73. The van der Waals surface area contributed by atoms with Crippen molar-refractivity contribution in [2.45, 2.75) is 56.0 Å². The first-order chi connectivity index (χ1) is 27.3. The normalized spacial score (nSPS) is 18.9. The van der Waals surface area contributed by atoms with Gasteiger partial charge >= 0.3 is 12.2 Å². The van der Waals surface area contributed by atoms with Crippen LogP contribution >= 0.6 is 11.3 Å². The number of aromatic nitrogens is 4. The van der Waals surface area contributed by atoms with Crippen molar-refractivity contribution in [2.24, 2.45) is 0 Å². The van der Waals surface area contributed by atoms with E-state index >= 15 is 22.0 Å². The van der Waals surface area contributed by atoms with E-state index in [2.05, 4.69) is 25.3 Å². The molecule has 2 saturated heterocycles. The fraction of sp³-hybridized carbons (Fsp3) is 0.308. The Morgan fingerprint density at radius 3 is 2.63 bits per heavy atom. The number of aryl methyl sites for hydroxylation is 1. The molecule has 6 heterocycles. The number of ether oxygens (including phenoxy) is 1.